The van der Waals surface area contributed by atoms with Crippen LogP contribution in [0.5, 0.6) is 17.2 Å². The third-order valence-electron chi connectivity index (χ3n) is 8.31. The normalized spacial score (nSPS) is 34.4. The molecule has 8 atom stereocenters. The van der Waals surface area contributed by atoms with Crippen molar-refractivity contribution in [1.29, 1.82) is 0 Å². The van der Waals surface area contributed by atoms with Gasteiger partial charge in [0.05, 0.1) is 40.6 Å². The minimum atomic E-state index is -2.04. The highest BCUT2D eigenvalue weighted by Gasteiger charge is 2.52. The number of hydrogen-bond donors (Lipinski definition) is 7. The van der Waals surface area contributed by atoms with Gasteiger partial charge in [0.2, 0.25) is 5.78 Å². The van der Waals surface area contributed by atoms with E-state index in [-0.39, 0.29) is 36.0 Å². The van der Waals surface area contributed by atoms with Crippen molar-refractivity contribution in [2.75, 3.05) is 0 Å². The molecule has 3 aliphatic carbocycles. The molecule has 0 radical (unpaired) electrons. The average molecular weight is 533 g/mol. The van der Waals surface area contributed by atoms with Crippen LogP contribution < -0.4 is 0 Å². The molecule has 0 amide bonds. The zero-order valence-corrected chi connectivity index (χ0v) is 20.6. The van der Waals surface area contributed by atoms with E-state index in [1.807, 2.05) is 0 Å². The Kier molecular flexibility index (Phi) is 6.27. The molecule has 10 nitrogen and oxygen atoms in total. The van der Waals surface area contributed by atoms with Crippen LogP contribution in [-0.2, 0) is 4.74 Å². The topological polar surface area (TPSA) is 185 Å². The summed E-state index contributed by atoms with van der Waals surface area (Å²) in [4.78, 5) is 26.7. The number of carbonyl (C=O) groups is 2. The molecule has 2 aromatic carbocycles. The standard InChI is InChI=1S/C27H29FO10/c1-3-27(37)8-13(38-12-7-9(2)20(30)25(35)19(12)28)15-18(26(27)36)24(34)16-17(23(15)33)22(32)14-10(21(16)31)5-4-6-11(14)29/h4-6,9,12-13,19-20,25-26,29-30,33-37H,3,7-8H2,1-2H3/t9-,12-,13+,19+,20-,25+,26-,27-/m1/s1. The number of aliphatic hydroxyl groups is 4. The Morgan fingerprint density at radius 3 is 2.26 bits per heavy atom. The van der Waals surface area contributed by atoms with Crippen LogP contribution in [0.2, 0.25) is 0 Å². The van der Waals surface area contributed by atoms with Gasteiger partial charge in [0.15, 0.2) is 12.0 Å². The summed E-state index contributed by atoms with van der Waals surface area (Å²) < 4.78 is 21.0. The molecule has 38 heavy (non-hydrogen) atoms. The number of aliphatic hydroxyl groups excluding tert-OH is 3. The van der Waals surface area contributed by atoms with Crippen molar-refractivity contribution in [3.05, 3.63) is 51.6 Å². The van der Waals surface area contributed by atoms with Crippen LogP contribution >= 0.6 is 0 Å². The predicted octanol–water partition coefficient (Wildman–Crippen LogP) is 1.68. The second-order valence-corrected chi connectivity index (χ2v) is 10.5. The molecular formula is C27H29FO10. The Morgan fingerprint density at radius 2 is 1.61 bits per heavy atom. The van der Waals surface area contributed by atoms with Crippen molar-refractivity contribution < 1.29 is 54.5 Å². The lowest BCUT2D eigenvalue weighted by Gasteiger charge is -2.45. The van der Waals surface area contributed by atoms with Crippen LogP contribution in [0, 0.1) is 5.92 Å². The molecule has 0 aliphatic heterocycles. The molecule has 1 saturated carbocycles. The summed E-state index contributed by atoms with van der Waals surface area (Å²) in [6, 6.07) is 3.79. The van der Waals surface area contributed by atoms with Gasteiger partial charge in [-0.15, -0.1) is 0 Å². The van der Waals surface area contributed by atoms with E-state index in [9.17, 15) is 45.3 Å². The van der Waals surface area contributed by atoms with Crippen molar-refractivity contribution in [2.45, 2.75) is 75.4 Å². The molecule has 0 unspecified atom stereocenters. The molecule has 7 N–H and O–H groups in total. The minimum absolute atomic E-state index is 0.0331. The number of fused-ring (bicyclic) bond motifs is 3. The van der Waals surface area contributed by atoms with Gasteiger partial charge in [-0.2, -0.15) is 0 Å². The van der Waals surface area contributed by atoms with Gasteiger partial charge in [0.25, 0.3) is 0 Å². The second-order valence-electron chi connectivity index (χ2n) is 10.5. The van der Waals surface area contributed by atoms with Gasteiger partial charge in [-0.05, 0) is 24.8 Å². The molecule has 2 aromatic rings. The third-order valence-corrected chi connectivity index (χ3v) is 8.31. The molecule has 0 heterocycles. The van der Waals surface area contributed by atoms with Crippen molar-refractivity contribution in [2.24, 2.45) is 5.92 Å². The smallest absolute Gasteiger partial charge is 0.202 e. The first-order valence-corrected chi connectivity index (χ1v) is 12.4. The summed E-state index contributed by atoms with van der Waals surface area (Å²) in [5.74, 6) is -4.59. The number of halogens is 1. The van der Waals surface area contributed by atoms with Gasteiger partial charge < -0.3 is 40.5 Å². The van der Waals surface area contributed by atoms with E-state index < -0.39 is 93.7 Å². The van der Waals surface area contributed by atoms with E-state index in [0.717, 1.165) is 0 Å². The molecule has 0 saturated heterocycles. The Bertz CT molecular complexity index is 1340. The number of phenolic OH excluding ortho intramolecular Hbond substituents is 3. The molecule has 11 heteroatoms. The molecule has 3 aliphatic rings. The van der Waals surface area contributed by atoms with Crippen molar-refractivity contribution >= 4 is 11.6 Å². The van der Waals surface area contributed by atoms with Crippen molar-refractivity contribution in [3.8, 4) is 17.2 Å². The van der Waals surface area contributed by atoms with E-state index in [1.54, 1.807) is 13.8 Å². The number of alkyl halides is 1. The SMILES string of the molecule is CC[C@@]1(O)C[C@H](O[C@@H]2C[C@@H](C)[C@@H](O)[C@@H](O)[C@H]2F)c2c(O)c3c(c(O)c2[C@H]1O)C(=O)c1cccc(O)c1C3=O. The van der Waals surface area contributed by atoms with E-state index in [1.165, 1.54) is 18.2 Å². The maximum absolute atomic E-state index is 15.0. The van der Waals surface area contributed by atoms with Gasteiger partial charge in [0.1, 0.15) is 29.5 Å². The van der Waals surface area contributed by atoms with Gasteiger partial charge in [-0.3, -0.25) is 9.59 Å². The molecule has 0 spiro atoms. The summed E-state index contributed by atoms with van der Waals surface area (Å²) in [6.07, 6.45) is -10.1. The monoisotopic (exact) mass is 532 g/mol. The summed E-state index contributed by atoms with van der Waals surface area (Å²) in [6.45, 7) is 3.14. The Balaban J connectivity index is 1.71. The molecule has 5 rings (SSSR count). The lowest BCUT2D eigenvalue weighted by atomic mass is 9.70. The lowest BCUT2D eigenvalue weighted by Crippen LogP contribution is -2.52. The number of carbonyl (C=O) groups excluding carboxylic acids is 2. The molecular weight excluding hydrogens is 503 g/mol. The fraction of sp³-hybridized carbons (Fsp3) is 0.481. The Morgan fingerprint density at radius 1 is 0.974 bits per heavy atom. The van der Waals surface area contributed by atoms with Gasteiger partial charge in [-0.1, -0.05) is 26.0 Å². The largest absolute Gasteiger partial charge is 0.507 e. The number of rotatable bonds is 3. The zero-order chi connectivity index (χ0) is 27.8. The molecule has 0 bridgehead atoms. The minimum Gasteiger partial charge on any atom is -0.507 e. The first kappa shape index (κ1) is 26.5. The fourth-order valence-corrected chi connectivity index (χ4v) is 6.01. The Labute approximate surface area is 216 Å². The number of benzene rings is 2. The van der Waals surface area contributed by atoms with Crippen LogP contribution in [0.15, 0.2) is 18.2 Å². The van der Waals surface area contributed by atoms with Gasteiger partial charge in [-0.25, -0.2) is 4.39 Å². The van der Waals surface area contributed by atoms with Crippen LogP contribution in [0.4, 0.5) is 4.39 Å². The summed E-state index contributed by atoms with van der Waals surface area (Å²) in [5, 5.41) is 75.5. The highest BCUT2D eigenvalue weighted by molar-refractivity contribution is 6.31. The van der Waals surface area contributed by atoms with E-state index in [4.69, 9.17) is 4.74 Å². The quantitative estimate of drug-likeness (QED) is 0.245. The number of aromatic hydroxyl groups is 3. The molecule has 1 fully saturated rings. The predicted molar refractivity (Wildman–Crippen MR) is 128 cm³/mol. The highest BCUT2D eigenvalue weighted by atomic mass is 19.1. The van der Waals surface area contributed by atoms with Crippen LogP contribution in [0.3, 0.4) is 0 Å². The molecule has 0 aromatic heterocycles. The lowest BCUT2D eigenvalue weighted by molar-refractivity contribution is -0.185. The number of hydrogen-bond acceptors (Lipinski definition) is 10. The van der Waals surface area contributed by atoms with Crippen molar-refractivity contribution in [1.82, 2.24) is 0 Å². The zero-order valence-electron chi connectivity index (χ0n) is 20.6. The van der Waals surface area contributed by atoms with Crippen LogP contribution in [-0.4, -0.2) is 77.4 Å². The third kappa shape index (κ3) is 3.57. The summed E-state index contributed by atoms with van der Waals surface area (Å²) >= 11 is 0. The highest BCUT2D eigenvalue weighted by Crippen LogP contribution is 2.56. The van der Waals surface area contributed by atoms with Gasteiger partial charge in [0, 0.05) is 23.1 Å². The summed E-state index contributed by atoms with van der Waals surface area (Å²) in [7, 11) is 0. The number of ether oxygens (including phenoxy) is 1. The van der Waals surface area contributed by atoms with E-state index in [0.29, 0.717) is 0 Å². The second kappa shape index (κ2) is 8.99. The van der Waals surface area contributed by atoms with Crippen molar-refractivity contribution in [3.63, 3.8) is 0 Å². The van der Waals surface area contributed by atoms with Crippen LogP contribution in [0.1, 0.15) is 88.3 Å². The molecule has 204 valence electrons. The first-order valence-electron chi connectivity index (χ1n) is 12.4. The average Bonchev–Trinajstić information content (AvgIpc) is 2.88. The number of ketones is 2. The maximum Gasteiger partial charge on any atom is 0.202 e. The van der Waals surface area contributed by atoms with Crippen LogP contribution in [0.25, 0.3) is 0 Å². The number of phenols is 3. The van der Waals surface area contributed by atoms with E-state index in [2.05, 4.69) is 0 Å². The Hall–Kier alpha value is -3.09. The summed E-state index contributed by atoms with van der Waals surface area (Å²) in [5.41, 5.74) is -4.50. The van der Waals surface area contributed by atoms with Gasteiger partial charge >= 0.3 is 0 Å². The fourth-order valence-electron chi connectivity index (χ4n) is 6.01. The van der Waals surface area contributed by atoms with E-state index >= 15 is 4.39 Å². The first-order chi connectivity index (χ1) is 17.8. The maximum atomic E-state index is 15.0.